The summed E-state index contributed by atoms with van der Waals surface area (Å²) in [5.41, 5.74) is 0. The van der Waals surface area contributed by atoms with E-state index in [1.54, 1.807) is 6.92 Å². The highest BCUT2D eigenvalue weighted by Crippen LogP contribution is 2.42. The molecule has 0 bridgehead atoms. The first-order valence-electron chi connectivity index (χ1n) is 6.98. The van der Waals surface area contributed by atoms with E-state index in [2.05, 4.69) is 15.2 Å². The Morgan fingerprint density at radius 3 is 2.62 bits per heavy atom. The summed E-state index contributed by atoms with van der Waals surface area (Å²) in [6.45, 7) is 1.84. The first-order chi connectivity index (χ1) is 9.79. The molecule has 0 saturated heterocycles. The lowest BCUT2D eigenvalue weighted by Gasteiger charge is -2.34. The lowest BCUT2D eigenvalue weighted by Crippen LogP contribution is -2.43. The van der Waals surface area contributed by atoms with E-state index < -0.39 is 23.9 Å². The number of hydrogen-bond donors (Lipinski definition) is 1. The number of hydrogen-bond acceptors (Lipinski definition) is 3. The number of aromatic amines is 1. The molecule has 118 valence electrons. The van der Waals surface area contributed by atoms with Crippen molar-refractivity contribution in [3.05, 3.63) is 11.6 Å². The predicted octanol–water partition coefficient (Wildman–Crippen LogP) is 2.44. The number of nitrogens with zero attached hydrogens (tertiary/aromatic N) is 3. The Morgan fingerprint density at radius 2 is 2.05 bits per heavy atom. The number of rotatable bonds is 3. The average Bonchev–Trinajstić information content (AvgIpc) is 2.82. The van der Waals surface area contributed by atoms with Gasteiger partial charge in [-0.15, -0.1) is 0 Å². The van der Waals surface area contributed by atoms with E-state index in [1.807, 2.05) is 0 Å². The molecule has 1 aliphatic carbocycles. The monoisotopic (exact) mass is 304 g/mol. The van der Waals surface area contributed by atoms with Crippen LogP contribution in [0.15, 0.2) is 0 Å². The zero-order valence-corrected chi connectivity index (χ0v) is 12.1. The molecule has 1 amide bonds. The van der Waals surface area contributed by atoms with Crippen LogP contribution >= 0.6 is 0 Å². The summed E-state index contributed by atoms with van der Waals surface area (Å²) in [6, 6.07) is 0. The minimum Gasteiger partial charge on any atom is -0.338 e. The van der Waals surface area contributed by atoms with Crippen LogP contribution in [0.25, 0.3) is 0 Å². The Bertz CT molecular complexity index is 500. The summed E-state index contributed by atoms with van der Waals surface area (Å²) in [7, 11) is 1.50. The van der Waals surface area contributed by atoms with Gasteiger partial charge in [0.15, 0.2) is 5.82 Å². The number of H-pyrrole nitrogens is 1. The van der Waals surface area contributed by atoms with Crippen LogP contribution in [0.1, 0.15) is 37.3 Å². The SMILES string of the molecule is Cc1nc(CN(C)C(=O)C2CCCCC2C(F)(F)F)n[nH]1. The third-order valence-corrected chi connectivity index (χ3v) is 3.90. The standard InChI is InChI=1S/C13H19F3N4O/c1-8-17-11(19-18-8)7-20(2)12(21)9-5-3-4-6-10(9)13(14,15)16/h9-10H,3-7H2,1-2H3,(H,17,18,19). The van der Waals surface area contributed by atoms with Crippen molar-refractivity contribution >= 4 is 5.91 Å². The van der Waals surface area contributed by atoms with Crippen molar-refractivity contribution < 1.29 is 18.0 Å². The molecule has 8 heteroatoms. The molecular weight excluding hydrogens is 285 g/mol. The molecule has 2 atom stereocenters. The smallest absolute Gasteiger partial charge is 0.338 e. The molecule has 1 aliphatic rings. The molecule has 2 unspecified atom stereocenters. The summed E-state index contributed by atoms with van der Waals surface area (Å²) in [5.74, 6) is -1.97. The van der Waals surface area contributed by atoms with Crippen LogP contribution in [0.4, 0.5) is 13.2 Å². The maximum absolute atomic E-state index is 13.0. The van der Waals surface area contributed by atoms with Gasteiger partial charge in [0.2, 0.25) is 5.91 Å². The van der Waals surface area contributed by atoms with Crippen LogP contribution in [0, 0.1) is 18.8 Å². The summed E-state index contributed by atoms with van der Waals surface area (Å²) in [6.07, 6.45) is -2.80. The Labute approximate surface area is 120 Å². The van der Waals surface area contributed by atoms with E-state index in [4.69, 9.17) is 0 Å². The van der Waals surface area contributed by atoms with Crippen LogP contribution in [-0.4, -0.2) is 39.2 Å². The van der Waals surface area contributed by atoms with Gasteiger partial charge in [0.1, 0.15) is 5.82 Å². The largest absolute Gasteiger partial charge is 0.392 e. The Balaban J connectivity index is 2.06. The number of aryl methyl sites for hydroxylation is 1. The molecule has 2 rings (SSSR count). The second-order valence-electron chi connectivity index (χ2n) is 5.57. The summed E-state index contributed by atoms with van der Waals surface area (Å²) < 4.78 is 39.1. The van der Waals surface area contributed by atoms with Crippen molar-refractivity contribution in [2.45, 2.75) is 45.3 Å². The number of amides is 1. The lowest BCUT2D eigenvalue weighted by atomic mass is 9.78. The Hall–Kier alpha value is -1.60. The number of carbonyl (C=O) groups excluding carboxylic acids is 1. The molecule has 0 aromatic carbocycles. The van der Waals surface area contributed by atoms with Gasteiger partial charge in [-0.3, -0.25) is 9.89 Å². The van der Waals surface area contributed by atoms with Gasteiger partial charge in [-0.2, -0.15) is 18.3 Å². The zero-order chi connectivity index (χ0) is 15.6. The van der Waals surface area contributed by atoms with Gasteiger partial charge in [-0.05, 0) is 19.8 Å². The molecule has 1 N–H and O–H groups in total. The quantitative estimate of drug-likeness (QED) is 0.933. The zero-order valence-electron chi connectivity index (χ0n) is 12.1. The molecule has 1 aromatic rings. The van der Waals surface area contributed by atoms with Gasteiger partial charge in [-0.1, -0.05) is 12.8 Å². The first kappa shape index (κ1) is 15.8. The highest BCUT2D eigenvalue weighted by atomic mass is 19.4. The molecule has 1 fully saturated rings. The minimum atomic E-state index is -4.32. The third-order valence-electron chi connectivity index (χ3n) is 3.90. The number of nitrogens with one attached hydrogen (secondary N) is 1. The fourth-order valence-electron chi connectivity index (χ4n) is 2.85. The molecule has 1 heterocycles. The Morgan fingerprint density at radius 1 is 1.38 bits per heavy atom. The fraction of sp³-hybridized carbons (Fsp3) is 0.769. The third kappa shape index (κ3) is 3.74. The van der Waals surface area contributed by atoms with Crippen molar-refractivity contribution in [1.82, 2.24) is 20.1 Å². The van der Waals surface area contributed by atoms with Crippen LogP contribution < -0.4 is 0 Å². The van der Waals surface area contributed by atoms with E-state index in [0.717, 1.165) is 0 Å². The van der Waals surface area contributed by atoms with E-state index >= 15 is 0 Å². The highest BCUT2D eigenvalue weighted by molar-refractivity contribution is 5.79. The molecule has 1 aromatic heterocycles. The normalized spacial score (nSPS) is 23.1. The maximum atomic E-state index is 13.0. The van der Waals surface area contributed by atoms with Gasteiger partial charge in [0.05, 0.1) is 12.5 Å². The van der Waals surface area contributed by atoms with Crippen LogP contribution in [0.5, 0.6) is 0 Å². The molecule has 0 aliphatic heterocycles. The van der Waals surface area contributed by atoms with E-state index in [1.165, 1.54) is 11.9 Å². The minimum absolute atomic E-state index is 0.0352. The lowest BCUT2D eigenvalue weighted by molar-refractivity contribution is -0.200. The summed E-state index contributed by atoms with van der Waals surface area (Å²) in [4.78, 5) is 17.7. The average molecular weight is 304 g/mol. The van der Waals surface area contributed by atoms with Gasteiger partial charge in [-0.25, -0.2) is 4.98 Å². The topological polar surface area (TPSA) is 61.9 Å². The van der Waals surface area contributed by atoms with Crippen LogP contribution in [-0.2, 0) is 11.3 Å². The Kier molecular flexibility index (Phi) is 4.53. The van der Waals surface area contributed by atoms with Crippen molar-refractivity contribution in [1.29, 1.82) is 0 Å². The summed E-state index contributed by atoms with van der Waals surface area (Å²) in [5, 5.41) is 6.55. The predicted molar refractivity (Wildman–Crippen MR) is 69.1 cm³/mol. The number of alkyl halides is 3. The molecule has 0 radical (unpaired) electrons. The fourth-order valence-corrected chi connectivity index (χ4v) is 2.85. The van der Waals surface area contributed by atoms with E-state index in [-0.39, 0.29) is 13.0 Å². The second-order valence-corrected chi connectivity index (χ2v) is 5.57. The molecule has 5 nitrogen and oxygen atoms in total. The number of halogens is 3. The van der Waals surface area contributed by atoms with Crippen molar-refractivity contribution in [2.24, 2.45) is 11.8 Å². The first-order valence-corrected chi connectivity index (χ1v) is 6.98. The maximum Gasteiger partial charge on any atom is 0.392 e. The van der Waals surface area contributed by atoms with Crippen LogP contribution in [0.3, 0.4) is 0 Å². The molecule has 21 heavy (non-hydrogen) atoms. The van der Waals surface area contributed by atoms with Gasteiger partial charge in [0, 0.05) is 13.0 Å². The van der Waals surface area contributed by atoms with E-state index in [0.29, 0.717) is 30.9 Å². The second kappa shape index (κ2) is 6.03. The van der Waals surface area contributed by atoms with Gasteiger partial charge >= 0.3 is 6.18 Å². The molecule has 1 saturated carbocycles. The van der Waals surface area contributed by atoms with Crippen molar-refractivity contribution in [3.63, 3.8) is 0 Å². The summed E-state index contributed by atoms with van der Waals surface area (Å²) >= 11 is 0. The van der Waals surface area contributed by atoms with E-state index in [9.17, 15) is 18.0 Å². The van der Waals surface area contributed by atoms with Crippen molar-refractivity contribution in [2.75, 3.05) is 7.05 Å². The number of carbonyl (C=O) groups is 1. The van der Waals surface area contributed by atoms with Gasteiger partial charge < -0.3 is 4.90 Å². The van der Waals surface area contributed by atoms with Crippen LogP contribution in [0.2, 0.25) is 0 Å². The number of aromatic nitrogens is 3. The molecular formula is C13H19F3N4O. The highest BCUT2D eigenvalue weighted by Gasteiger charge is 2.48. The molecule has 0 spiro atoms. The van der Waals surface area contributed by atoms with Crippen molar-refractivity contribution in [3.8, 4) is 0 Å². The van der Waals surface area contributed by atoms with Gasteiger partial charge in [0.25, 0.3) is 0 Å².